The lowest BCUT2D eigenvalue weighted by atomic mass is 9.69. The number of aromatic hydroxyl groups is 1. The average Bonchev–Trinajstić information content (AvgIpc) is 2.80. The van der Waals surface area contributed by atoms with Crippen molar-refractivity contribution in [3.8, 4) is 11.5 Å². The number of methoxy groups -OCH3 is 1. The minimum Gasteiger partial charge on any atom is -0.508 e. The molecule has 0 spiro atoms. The summed E-state index contributed by atoms with van der Waals surface area (Å²) in [6.07, 6.45) is 6.36. The highest BCUT2D eigenvalue weighted by atomic mass is 16.5. The van der Waals surface area contributed by atoms with Gasteiger partial charge in [-0.3, -0.25) is 9.88 Å². The second kappa shape index (κ2) is 7.77. The maximum absolute atomic E-state index is 10.8. The molecule has 3 fully saturated rings. The molecule has 3 saturated heterocycles. The summed E-state index contributed by atoms with van der Waals surface area (Å²) in [7, 11) is 1.69. The number of pyridine rings is 1. The monoisotopic (exact) mass is 400 g/mol. The molecule has 5 atom stereocenters. The zero-order chi connectivity index (χ0) is 20.7. The van der Waals surface area contributed by atoms with E-state index in [4.69, 9.17) is 4.74 Å². The first kappa shape index (κ1) is 19.1. The summed E-state index contributed by atoms with van der Waals surface area (Å²) in [5, 5.41) is 11.9. The van der Waals surface area contributed by atoms with Crippen molar-refractivity contribution >= 4 is 10.9 Å². The van der Waals surface area contributed by atoms with Crippen LogP contribution < -0.4 is 4.74 Å². The van der Waals surface area contributed by atoms with E-state index >= 15 is 0 Å². The van der Waals surface area contributed by atoms with Gasteiger partial charge in [-0.15, -0.1) is 6.58 Å². The molecule has 3 aromatic rings. The Hall–Kier alpha value is -2.85. The summed E-state index contributed by atoms with van der Waals surface area (Å²) in [4.78, 5) is 7.20. The lowest BCUT2D eigenvalue weighted by Crippen LogP contribution is -2.55. The van der Waals surface area contributed by atoms with Crippen LogP contribution in [0.2, 0.25) is 0 Å². The molecule has 0 radical (unpaired) electrons. The minimum atomic E-state index is 0.0670. The Balaban J connectivity index is 1.68. The van der Waals surface area contributed by atoms with E-state index in [1.165, 1.54) is 12.0 Å². The molecule has 1 aromatic heterocycles. The molecule has 4 heterocycles. The number of fused-ring (bicyclic) bond motifs is 4. The number of nitrogens with zero attached hydrogens (tertiary/aromatic N) is 2. The molecule has 3 aliphatic heterocycles. The van der Waals surface area contributed by atoms with Gasteiger partial charge in [-0.2, -0.15) is 0 Å². The Kier molecular flexibility index (Phi) is 4.95. The van der Waals surface area contributed by atoms with E-state index in [1.807, 2.05) is 30.5 Å². The van der Waals surface area contributed by atoms with E-state index in [-0.39, 0.29) is 5.92 Å². The molecule has 6 rings (SSSR count). The number of rotatable bonds is 5. The summed E-state index contributed by atoms with van der Waals surface area (Å²) in [6, 6.07) is 16.3. The topological polar surface area (TPSA) is 45.6 Å². The number of phenolic OH excluding ortho intramolecular Hbond substituents is 1. The van der Waals surface area contributed by atoms with Gasteiger partial charge in [0.2, 0.25) is 0 Å². The Morgan fingerprint density at radius 2 is 2.07 bits per heavy atom. The Morgan fingerprint density at radius 3 is 2.80 bits per heavy atom. The third-order valence-electron chi connectivity index (χ3n) is 7.13. The predicted molar refractivity (Wildman–Crippen MR) is 120 cm³/mol. The Bertz CT molecular complexity index is 1080. The number of ether oxygens (including phenoxy) is 1. The van der Waals surface area contributed by atoms with E-state index in [0.717, 1.165) is 41.7 Å². The largest absolute Gasteiger partial charge is 0.508 e. The zero-order valence-corrected chi connectivity index (χ0v) is 17.4. The molecular formula is C26H28N2O2. The van der Waals surface area contributed by atoms with Crippen LogP contribution in [-0.4, -0.2) is 41.2 Å². The lowest BCUT2D eigenvalue weighted by Gasteiger charge is -2.52. The first-order valence-electron chi connectivity index (χ1n) is 10.8. The van der Waals surface area contributed by atoms with Crippen LogP contribution in [-0.2, 0) is 0 Å². The third kappa shape index (κ3) is 3.16. The van der Waals surface area contributed by atoms with Crippen LogP contribution >= 0.6 is 0 Å². The van der Waals surface area contributed by atoms with Crippen molar-refractivity contribution in [1.82, 2.24) is 9.88 Å². The number of hydrogen-bond acceptors (Lipinski definition) is 4. The summed E-state index contributed by atoms with van der Waals surface area (Å²) >= 11 is 0. The number of hydrogen-bond donors (Lipinski definition) is 1. The molecule has 3 aliphatic rings. The summed E-state index contributed by atoms with van der Waals surface area (Å²) in [6.45, 7) is 6.23. The first-order valence-corrected chi connectivity index (χ1v) is 10.8. The van der Waals surface area contributed by atoms with Gasteiger partial charge in [-0.05, 0) is 67.1 Å². The summed E-state index contributed by atoms with van der Waals surface area (Å²) < 4.78 is 5.51. The molecule has 0 aliphatic carbocycles. The average molecular weight is 401 g/mol. The quantitative estimate of drug-likeness (QED) is 0.614. The van der Waals surface area contributed by atoms with Crippen molar-refractivity contribution in [1.29, 1.82) is 0 Å². The van der Waals surface area contributed by atoms with Crippen LogP contribution in [0.5, 0.6) is 11.5 Å². The van der Waals surface area contributed by atoms with Gasteiger partial charge in [0, 0.05) is 35.7 Å². The standard InChI is InChI=1S/C26H28N2O2/c1-3-17-16-28-13-11-18(17)14-24(28)26(21-6-4-5-7-25(21)29)20-10-12-27-23-9-8-19(30-2)15-22(20)23/h3-10,12,15,17-18,24,26,29H,1,11,13-14,16H2,2H3/t17-,18-,24-,26+/m0/s1. The molecule has 154 valence electrons. The van der Waals surface area contributed by atoms with E-state index in [1.54, 1.807) is 13.2 Å². The molecule has 30 heavy (non-hydrogen) atoms. The maximum atomic E-state index is 10.8. The van der Waals surface area contributed by atoms with Gasteiger partial charge in [-0.1, -0.05) is 24.3 Å². The fourth-order valence-electron chi connectivity index (χ4n) is 5.60. The highest BCUT2D eigenvalue weighted by molar-refractivity contribution is 5.84. The zero-order valence-electron chi connectivity index (χ0n) is 17.4. The van der Waals surface area contributed by atoms with Crippen molar-refractivity contribution < 1.29 is 9.84 Å². The Morgan fingerprint density at radius 1 is 1.20 bits per heavy atom. The third-order valence-corrected chi connectivity index (χ3v) is 7.13. The highest BCUT2D eigenvalue weighted by Gasteiger charge is 2.43. The number of benzene rings is 2. The smallest absolute Gasteiger partial charge is 0.119 e. The van der Waals surface area contributed by atoms with Crippen LogP contribution in [0, 0.1) is 11.8 Å². The highest BCUT2D eigenvalue weighted by Crippen LogP contribution is 2.47. The van der Waals surface area contributed by atoms with Crippen LogP contribution in [0.4, 0.5) is 0 Å². The lowest BCUT2D eigenvalue weighted by molar-refractivity contribution is 0.0119. The summed E-state index contributed by atoms with van der Waals surface area (Å²) in [5.74, 6) is 2.48. The van der Waals surface area contributed by atoms with Crippen molar-refractivity contribution in [3.05, 3.63) is 78.5 Å². The SMILES string of the molecule is C=C[C@H]1CN2CC[C@H]1C[C@H]2[C@@H](c1ccccc1O)c1ccnc2ccc(OC)cc12. The fourth-order valence-corrected chi connectivity index (χ4v) is 5.60. The molecule has 1 N–H and O–H groups in total. The van der Waals surface area contributed by atoms with Gasteiger partial charge >= 0.3 is 0 Å². The molecule has 2 aromatic carbocycles. The van der Waals surface area contributed by atoms with Gasteiger partial charge in [-0.25, -0.2) is 0 Å². The minimum absolute atomic E-state index is 0.0670. The molecular weight excluding hydrogens is 372 g/mol. The first-order chi connectivity index (χ1) is 14.7. The fraction of sp³-hybridized carbons (Fsp3) is 0.346. The normalized spacial score (nSPS) is 26.4. The second-order valence-corrected chi connectivity index (χ2v) is 8.57. The van der Waals surface area contributed by atoms with E-state index in [9.17, 15) is 5.11 Å². The van der Waals surface area contributed by atoms with E-state index in [2.05, 4.69) is 40.7 Å². The van der Waals surface area contributed by atoms with Gasteiger partial charge in [0.25, 0.3) is 0 Å². The van der Waals surface area contributed by atoms with Crippen molar-refractivity contribution in [3.63, 3.8) is 0 Å². The van der Waals surface area contributed by atoms with E-state index in [0.29, 0.717) is 23.6 Å². The van der Waals surface area contributed by atoms with Gasteiger partial charge < -0.3 is 9.84 Å². The van der Waals surface area contributed by atoms with Crippen molar-refractivity contribution in [2.24, 2.45) is 11.8 Å². The summed E-state index contributed by atoms with van der Waals surface area (Å²) in [5.41, 5.74) is 3.14. The van der Waals surface area contributed by atoms with Crippen molar-refractivity contribution in [2.45, 2.75) is 24.8 Å². The molecule has 1 unspecified atom stereocenters. The van der Waals surface area contributed by atoms with Crippen LogP contribution in [0.25, 0.3) is 10.9 Å². The van der Waals surface area contributed by atoms with Gasteiger partial charge in [0.15, 0.2) is 0 Å². The number of aromatic nitrogens is 1. The molecule has 0 amide bonds. The number of phenols is 1. The second-order valence-electron chi connectivity index (χ2n) is 8.57. The predicted octanol–water partition coefficient (Wildman–Crippen LogP) is 4.98. The number of para-hydroxylation sites is 1. The van der Waals surface area contributed by atoms with Gasteiger partial charge in [0.1, 0.15) is 11.5 Å². The maximum Gasteiger partial charge on any atom is 0.119 e. The van der Waals surface area contributed by atoms with Crippen LogP contribution in [0.1, 0.15) is 29.9 Å². The molecule has 0 saturated carbocycles. The molecule has 4 nitrogen and oxygen atoms in total. The van der Waals surface area contributed by atoms with Crippen LogP contribution in [0.15, 0.2) is 67.4 Å². The van der Waals surface area contributed by atoms with E-state index < -0.39 is 0 Å². The van der Waals surface area contributed by atoms with Gasteiger partial charge in [0.05, 0.1) is 12.6 Å². The molecule has 4 heteroatoms. The molecule has 2 bridgehead atoms. The van der Waals surface area contributed by atoms with Crippen LogP contribution in [0.3, 0.4) is 0 Å². The number of piperidine rings is 3. The Labute approximate surface area is 177 Å². The van der Waals surface area contributed by atoms with Crippen molar-refractivity contribution in [2.75, 3.05) is 20.2 Å².